The summed E-state index contributed by atoms with van der Waals surface area (Å²) in [6.07, 6.45) is 0.356. The SMILES string of the molecule is CCCNC(=O)OB(OC(=O)NCCC)c1ccccc1. The van der Waals surface area contributed by atoms with Crippen LogP contribution in [0, 0.1) is 0 Å². The van der Waals surface area contributed by atoms with Crippen molar-refractivity contribution in [1.29, 1.82) is 0 Å². The quantitative estimate of drug-likeness (QED) is 0.749. The number of carbonyl (C=O) groups excluding carboxylic acids is 2. The predicted molar refractivity (Wildman–Crippen MR) is 81.4 cm³/mol. The van der Waals surface area contributed by atoms with Crippen LogP contribution in [0.1, 0.15) is 26.7 Å². The van der Waals surface area contributed by atoms with Gasteiger partial charge in [0.1, 0.15) is 0 Å². The maximum absolute atomic E-state index is 11.6. The highest BCUT2D eigenvalue weighted by atomic mass is 16.7. The summed E-state index contributed by atoms with van der Waals surface area (Å²) in [5, 5.41) is 5.15. The second-order valence-electron chi connectivity index (χ2n) is 4.41. The summed E-state index contributed by atoms with van der Waals surface area (Å²) in [6, 6.07) is 8.84. The maximum Gasteiger partial charge on any atom is 0.639 e. The number of nitrogens with one attached hydrogen (secondary N) is 2. The third-order valence-electron chi connectivity index (χ3n) is 2.54. The average molecular weight is 292 g/mol. The van der Waals surface area contributed by atoms with Gasteiger partial charge < -0.3 is 19.9 Å². The van der Waals surface area contributed by atoms with Gasteiger partial charge >= 0.3 is 19.3 Å². The van der Waals surface area contributed by atoms with E-state index in [1.54, 1.807) is 24.3 Å². The minimum Gasteiger partial charge on any atom is -0.478 e. The topological polar surface area (TPSA) is 76.7 Å². The highest BCUT2D eigenvalue weighted by molar-refractivity contribution is 6.64. The molecule has 0 spiro atoms. The molecule has 0 aromatic heterocycles. The van der Waals surface area contributed by atoms with Crippen molar-refractivity contribution in [3.63, 3.8) is 0 Å². The average Bonchev–Trinajstić information content (AvgIpc) is 2.51. The van der Waals surface area contributed by atoms with Crippen LogP contribution in [0.3, 0.4) is 0 Å². The zero-order chi connectivity index (χ0) is 15.5. The van der Waals surface area contributed by atoms with Crippen molar-refractivity contribution < 1.29 is 18.9 Å². The first kappa shape index (κ1) is 16.9. The third-order valence-corrected chi connectivity index (χ3v) is 2.54. The van der Waals surface area contributed by atoms with Crippen LogP contribution in [0.15, 0.2) is 30.3 Å². The minimum absolute atomic E-state index is 0.502. The molecule has 114 valence electrons. The van der Waals surface area contributed by atoms with Crippen molar-refractivity contribution in [2.24, 2.45) is 0 Å². The van der Waals surface area contributed by atoms with Crippen LogP contribution >= 0.6 is 0 Å². The molecule has 0 aliphatic carbocycles. The molecule has 0 aliphatic rings. The molecule has 2 amide bonds. The fourth-order valence-corrected chi connectivity index (χ4v) is 1.50. The first-order valence-corrected chi connectivity index (χ1v) is 7.11. The second-order valence-corrected chi connectivity index (χ2v) is 4.41. The van der Waals surface area contributed by atoms with E-state index in [1.807, 2.05) is 19.9 Å². The molecule has 7 heteroatoms. The van der Waals surface area contributed by atoms with Gasteiger partial charge in [-0.25, -0.2) is 9.59 Å². The van der Waals surface area contributed by atoms with Gasteiger partial charge in [-0.1, -0.05) is 44.2 Å². The molecule has 2 N–H and O–H groups in total. The molecule has 0 heterocycles. The van der Waals surface area contributed by atoms with E-state index in [1.165, 1.54) is 0 Å². The lowest BCUT2D eigenvalue weighted by Crippen LogP contribution is -2.45. The molecule has 0 aliphatic heterocycles. The standard InChI is InChI=1S/C14H21BN2O4/c1-3-10-16-13(18)20-15(12-8-6-5-7-9-12)21-14(19)17-11-4-2/h5-9H,3-4,10-11H2,1-2H3,(H,16,18)(H,17,19). The monoisotopic (exact) mass is 292 g/mol. The van der Waals surface area contributed by atoms with Crippen LogP contribution in [0.4, 0.5) is 9.59 Å². The summed E-state index contributed by atoms with van der Waals surface area (Å²) in [5.41, 5.74) is 0.593. The third kappa shape index (κ3) is 6.69. The van der Waals surface area contributed by atoms with Crippen LogP contribution in [-0.4, -0.2) is 32.4 Å². The fourth-order valence-electron chi connectivity index (χ4n) is 1.50. The summed E-state index contributed by atoms with van der Waals surface area (Å²) in [4.78, 5) is 23.3. The summed E-state index contributed by atoms with van der Waals surface area (Å²) in [7, 11) is -1.07. The van der Waals surface area contributed by atoms with Crippen LogP contribution in [0.2, 0.25) is 0 Å². The van der Waals surface area contributed by atoms with Gasteiger partial charge in [0.05, 0.1) is 0 Å². The van der Waals surface area contributed by atoms with Crippen molar-refractivity contribution in [3.8, 4) is 0 Å². The second kappa shape index (κ2) is 9.69. The van der Waals surface area contributed by atoms with E-state index >= 15 is 0 Å². The summed E-state index contributed by atoms with van der Waals surface area (Å²) in [6.45, 7) is 4.87. The Morgan fingerprint density at radius 3 is 1.86 bits per heavy atom. The summed E-state index contributed by atoms with van der Waals surface area (Å²) < 4.78 is 10.3. The molecule has 0 unspecified atom stereocenters. The Balaban J connectivity index is 2.66. The molecule has 0 radical (unpaired) electrons. The van der Waals surface area contributed by atoms with Crippen molar-refractivity contribution in [1.82, 2.24) is 10.6 Å². The molecule has 1 rings (SSSR count). The van der Waals surface area contributed by atoms with Crippen LogP contribution in [0.25, 0.3) is 0 Å². The lowest BCUT2D eigenvalue weighted by Gasteiger charge is -2.15. The Bertz CT molecular complexity index is 420. The van der Waals surface area contributed by atoms with Gasteiger partial charge in [-0.3, -0.25) is 0 Å². The van der Waals surface area contributed by atoms with Crippen LogP contribution in [0.5, 0.6) is 0 Å². The maximum atomic E-state index is 11.6. The number of carbonyl (C=O) groups is 2. The van der Waals surface area contributed by atoms with Gasteiger partial charge in [0, 0.05) is 18.6 Å². The number of hydrogen-bond donors (Lipinski definition) is 2. The smallest absolute Gasteiger partial charge is 0.478 e. The Hall–Kier alpha value is -2.18. The van der Waals surface area contributed by atoms with Crippen molar-refractivity contribution >= 4 is 24.8 Å². The Morgan fingerprint density at radius 2 is 1.43 bits per heavy atom. The van der Waals surface area contributed by atoms with E-state index < -0.39 is 19.3 Å². The predicted octanol–water partition coefficient (Wildman–Crippen LogP) is 1.65. The zero-order valence-electron chi connectivity index (χ0n) is 12.4. The lowest BCUT2D eigenvalue weighted by atomic mass is 9.79. The van der Waals surface area contributed by atoms with E-state index in [4.69, 9.17) is 9.31 Å². The first-order chi connectivity index (χ1) is 10.2. The van der Waals surface area contributed by atoms with Gasteiger partial charge in [-0.05, 0) is 12.8 Å². The van der Waals surface area contributed by atoms with Gasteiger partial charge in [-0.15, -0.1) is 0 Å². The van der Waals surface area contributed by atoms with Crippen LogP contribution < -0.4 is 16.1 Å². The molecule has 1 aromatic rings. The molecule has 0 bridgehead atoms. The van der Waals surface area contributed by atoms with Gasteiger partial charge in [-0.2, -0.15) is 0 Å². The highest BCUT2D eigenvalue weighted by Gasteiger charge is 2.30. The summed E-state index contributed by atoms with van der Waals surface area (Å²) in [5.74, 6) is 0. The first-order valence-electron chi connectivity index (χ1n) is 7.11. The largest absolute Gasteiger partial charge is 0.639 e. The molecule has 0 saturated carbocycles. The van der Waals surface area contributed by atoms with Gasteiger partial charge in [0.25, 0.3) is 0 Å². The molecule has 0 atom stereocenters. The van der Waals surface area contributed by atoms with Crippen LogP contribution in [-0.2, 0) is 9.31 Å². The zero-order valence-corrected chi connectivity index (χ0v) is 12.4. The number of rotatable bonds is 7. The molecule has 0 fully saturated rings. The van der Waals surface area contributed by atoms with E-state index in [0.29, 0.717) is 18.6 Å². The Morgan fingerprint density at radius 1 is 0.952 bits per heavy atom. The lowest BCUT2D eigenvalue weighted by molar-refractivity contribution is 0.174. The molecule has 1 aromatic carbocycles. The van der Waals surface area contributed by atoms with Crippen molar-refractivity contribution in [2.45, 2.75) is 26.7 Å². The van der Waals surface area contributed by atoms with E-state index in [2.05, 4.69) is 10.6 Å². The number of hydrogen-bond acceptors (Lipinski definition) is 4. The fraction of sp³-hybridized carbons (Fsp3) is 0.429. The molecular formula is C14H21BN2O4. The Labute approximate surface area is 125 Å². The van der Waals surface area contributed by atoms with Crippen molar-refractivity contribution in [2.75, 3.05) is 13.1 Å². The molecule has 6 nitrogen and oxygen atoms in total. The van der Waals surface area contributed by atoms with E-state index in [0.717, 1.165) is 12.8 Å². The van der Waals surface area contributed by atoms with Gasteiger partial charge in [0.2, 0.25) is 0 Å². The van der Waals surface area contributed by atoms with E-state index in [-0.39, 0.29) is 0 Å². The van der Waals surface area contributed by atoms with E-state index in [9.17, 15) is 9.59 Å². The Kier molecular flexibility index (Phi) is 7.78. The number of benzene rings is 1. The summed E-state index contributed by atoms with van der Waals surface area (Å²) >= 11 is 0. The highest BCUT2D eigenvalue weighted by Crippen LogP contribution is 1.96. The molecule has 0 saturated heterocycles. The normalized spacial score (nSPS) is 9.62. The van der Waals surface area contributed by atoms with Gasteiger partial charge in [0.15, 0.2) is 0 Å². The minimum atomic E-state index is -1.07. The molecular weight excluding hydrogens is 271 g/mol. The van der Waals surface area contributed by atoms with Crippen molar-refractivity contribution in [3.05, 3.63) is 30.3 Å². The molecule has 21 heavy (non-hydrogen) atoms. The number of amides is 2.